The first-order valence-electron chi connectivity index (χ1n) is 8.97. The van der Waals surface area contributed by atoms with E-state index in [-0.39, 0.29) is 12.5 Å². The van der Waals surface area contributed by atoms with Crippen molar-refractivity contribution in [2.45, 2.75) is 0 Å². The van der Waals surface area contributed by atoms with E-state index in [4.69, 9.17) is 10.5 Å². The highest BCUT2D eigenvalue weighted by molar-refractivity contribution is 6.06. The third-order valence-electron chi connectivity index (χ3n) is 4.31. The first-order valence-corrected chi connectivity index (χ1v) is 8.97. The minimum absolute atomic E-state index is 0.294. The van der Waals surface area contributed by atoms with Crippen LogP contribution in [0.3, 0.4) is 0 Å². The molecule has 0 bridgehead atoms. The zero-order valence-corrected chi connectivity index (χ0v) is 15.4. The van der Waals surface area contributed by atoms with Gasteiger partial charge in [0.2, 0.25) is 0 Å². The highest BCUT2D eigenvalue weighted by atomic mass is 16.5. The fourth-order valence-corrected chi connectivity index (χ4v) is 2.93. The Morgan fingerprint density at radius 1 is 0.966 bits per heavy atom. The highest BCUT2D eigenvalue weighted by Gasteiger charge is 2.13. The maximum absolute atomic E-state index is 12.6. The van der Waals surface area contributed by atoms with Gasteiger partial charge in [0.1, 0.15) is 11.6 Å². The van der Waals surface area contributed by atoms with Crippen LogP contribution in [0.2, 0.25) is 0 Å². The average molecular weight is 386 g/mol. The number of carbonyl (C=O) groups is 2. The van der Waals surface area contributed by atoms with E-state index in [1.807, 2.05) is 36.4 Å². The summed E-state index contributed by atoms with van der Waals surface area (Å²) in [7, 11) is 0. The molecular weight excluding hydrogens is 368 g/mol. The number of anilines is 1. The molecule has 2 amide bonds. The van der Waals surface area contributed by atoms with Crippen molar-refractivity contribution in [1.29, 1.82) is 0 Å². The molecule has 1 aromatic heterocycles. The standard InChI is InChI=1S/C22H18N4O3/c23-20(27)13-29-19-8-4-1-5-16(19)22(28)24-15-11-9-14(10-12-15)21-25-17-6-2-3-7-18(17)26-21/h1-12H,13H2,(H2,23,27)(H,24,28)(H,25,26). The fraction of sp³-hybridized carbons (Fsp3) is 0.0455. The van der Waals surface area contributed by atoms with Crippen LogP contribution >= 0.6 is 0 Å². The summed E-state index contributed by atoms with van der Waals surface area (Å²) in [5.41, 5.74) is 8.81. The third kappa shape index (κ3) is 4.08. The molecule has 7 nitrogen and oxygen atoms in total. The topological polar surface area (TPSA) is 110 Å². The number of ether oxygens (including phenoxy) is 1. The van der Waals surface area contributed by atoms with Crippen molar-refractivity contribution >= 4 is 28.5 Å². The van der Waals surface area contributed by atoms with E-state index >= 15 is 0 Å². The van der Waals surface area contributed by atoms with Gasteiger partial charge in [-0.05, 0) is 48.5 Å². The zero-order chi connectivity index (χ0) is 20.2. The van der Waals surface area contributed by atoms with Crippen molar-refractivity contribution in [3.8, 4) is 17.1 Å². The van der Waals surface area contributed by atoms with Gasteiger partial charge in [-0.1, -0.05) is 24.3 Å². The molecule has 0 unspecified atom stereocenters. The molecule has 0 atom stereocenters. The number of rotatable bonds is 6. The number of imidazole rings is 1. The van der Waals surface area contributed by atoms with Crippen LogP contribution in [-0.2, 0) is 4.79 Å². The van der Waals surface area contributed by atoms with Crippen LogP contribution in [0, 0.1) is 0 Å². The van der Waals surface area contributed by atoms with Crippen LogP contribution in [0.1, 0.15) is 10.4 Å². The molecular formula is C22H18N4O3. The predicted octanol–water partition coefficient (Wildman–Crippen LogP) is 3.35. The van der Waals surface area contributed by atoms with E-state index in [2.05, 4.69) is 15.3 Å². The number of benzene rings is 3. The van der Waals surface area contributed by atoms with Gasteiger partial charge in [-0.3, -0.25) is 9.59 Å². The summed E-state index contributed by atoms with van der Waals surface area (Å²) in [4.78, 5) is 31.4. The van der Waals surface area contributed by atoms with Crippen LogP contribution in [0.4, 0.5) is 5.69 Å². The average Bonchev–Trinajstić information content (AvgIpc) is 3.17. The number of primary amides is 1. The van der Waals surface area contributed by atoms with Crippen LogP contribution < -0.4 is 15.8 Å². The Hall–Kier alpha value is -4.13. The second-order valence-electron chi connectivity index (χ2n) is 6.39. The lowest BCUT2D eigenvalue weighted by Gasteiger charge is -2.11. The first-order chi connectivity index (χ1) is 14.1. The summed E-state index contributed by atoms with van der Waals surface area (Å²) >= 11 is 0. The molecule has 0 saturated carbocycles. The van der Waals surface area contributed by atoms with E-state index in [9.17, 15) is 9.59 Å². The van der Waals surface area contributed by atoms with Gasteiger partial charge < -0.3 is 20.8 Å². The maximum Gasteiger partial charge on any atom is 0.259 e. The van der Waals surface area contributed by atoms with E-state index in [0.29, 0.717) is 17.0 Å². The summed E-state index contributed by atoms with van der Waals surface area (Å²) in [6, 6.07) is 21.8. The summed E-state index contributed by atoms with van der Waals surface area (Å²) in [5, 5.41) is 2.83. The van der Waals surface area contributed by atoms with Crippen molar-refractivity contribution in [2.24, 2.45) is 5.73 Å². The molecule has 0 aliphatic carbocycles. The summed E-state index contributed by atoms with van der Waals surface area (Å²) in [6.07, 6.45) is 0. The molecule has 3 aromatic carbocycles. The van der Waals surface area contributed by atoms with Gasteiger partial charge in [0.15, 0.2) is 6.61 Å². The van der Waals surface area contributed by atoms with Gasteiger partial charge in [-0.15, -0.1) is 0 Å². The molecule has 0 radical (unpaired) electrons. The minimum Gasteiger partial charge on any atom is -0.483 e. The smallest absolute Gasteiger partial charge is 0.259 e. The molecule has 144 valence electrons. The van der Waals surface area contributed by atoms with Gasteiger partial charge in [-0.25, -0.2) is 4.98 Å². The lowest BCUT2D eigenvalue weighted by molar-refractivity contribution is -0.119. The van der Waals surface area contributed by atoms with Crippen LogP contribution in [-0.4, -0.2) is 28.4 Å². The Morgan fingerprint density at radius 3 is 2.45 bits per heavy atom. The number of aromatic nitrogens is 2. The number of fused-ring (bicyclic) bond motifs is 1. The molecule has 0 spiro atoms. The van der Waals surface area contributed by atoms with Crippen molar-refractivity contribution in [1.82, 2.24) is 9.97 Å². The second kappa shape index (κ2) is 7.85. The number of H-pyrrole nitrogens is 1. The van der Waals surface area contributed by atoms with Crippen molar-refractivity contribution in [3.63, 3.8) is 0 Å². The Bertz CT molecular complexity index is 1150. The minimum atomic E-state index is -0.610. The van der Waals surface area contributed by atoms with E-state index in [1.54, 1.807) is 36.4 Å². The molecule has 4 aromatic rings. The highest BCUT2D eigenvalue weighted by Crippen LogP contribution is 2.23. The Balaban J connectivity index is 1.50. The Morgan fingerprint density at radius 2 is 1.69 bits per heavy atom. The molecule has 0 aliphatic rings. The number of hydrogen-bond acceptors (Lipinski definition) is 4. The van der Waals surface area contributed by atoms with Gasteiger partial charge in [0, 0.05) is 11.3 Å². The SMILES string of the molecule is NC(=O)COc1ccccc1C(=O)Nc1ccc(-c2nc3ccccc3[nH]2)cc1. The Labute approximate surface area is 166 Å². The quantitative estimate of drug-likeness (QED) is 0.472. The normalized spacial score (nSPS) is 10.6. The number of nitrogens with zero attached hydrogens (tertiary/aromatic N) is 1. The molecule has 29 heavy (non-hydrogen) atoms. The lowest BCUT2D eigenvalue weighted by atomic mass is 10.1. The van der Waals surface area contributed by atoms with E-state index in [0.717, 1.165) is 22.4 Å². The van der Waals surface area contributed by atoms with Crippen molar-refractivity contribution in [2.75, 3.05) is 11.9 Å². The summed E-state index contributed by atoms with van der Waals surface area (Å²) in [6.45, 7) is -0.295. The number of nitrogens with one attached hydrogen (secondary N) is 2. The van der Waals surface area contributed by atoms with Crippen LogP contribution in [0.15, 0.2) is 72.8 Å². The molecule has 4 N–H and O–H groups in total. The van der Waals surface area contributed by atoms with E-state index in [1.165, 1.54) is 0 Å². The van der Waals surface area contributed by atoms with E-state index < -0.39 is 5.91 Å². The van der Waals surface area contributed by atoms with Gasteiger partial charge in [0.05, 0.1) is 16.6 Å². The maximum atomic E-state index is 12.6. The number of amides is 2. The number of nitrogens with two attached hydrogens (primary N) is 1. The molecule has 1 heterocycles. The monoisotopic (exact) mass is 386 g/mol. The summed E-state index contributed by atoms with van der Waals surface area (Å²) in [5.74, 6) is 0.0971. The number of para-hydroxylation sites is 3. The lowest BCUT2D eigenvalue weighted by Crippen LogP contribution is -2.21. The molecule has 0 fully saturated rings. The largest absolute Gasteiger partial charge is 0.483 e. The van der Waals surface area contributed by atoms with Crippen LogP contribution in [0.5, 0.6) is 5.75 Å². The third-order valence-corrected chi connectivity index (χ3v) is 4.31. The predicted molar refractivity (Wildman–Crippen MR) is 111 cm³/mol. The summed E-state index contributed by atoms with van der Waals surface area (Å²) < 4.78 is 5.32. The zero-order valence-electron chi connectivity index (χ0n) is 15.4. The number of carbonyl (C=O) groups excluding carboxylic acids is 2. The van der Waals surface area contributed by atoms with Crippen molar-refractivity contribution in [3.05, 3.63) is 78.4 Å². The second-order valence-corrected chi connectivity index (χ2v) is 6.39. The van der Waals surface area contributed by atoms with Gasteiger partial charge in [-0.2, -0.15) is 0 Å². The number of aromatic amines is 1. The van der Waals surface area contributed by atoms with Crippen molar-refractivity contribution < 1.29 is 14.3 Å². The first kappa shape index (κ1) is 18.2. The number of hydrogen-bond donors (Lipinski definition) is 3. The van der Waals surface area contributed by atoms with Gasteiger partial charge >= 0.3 is 0 Å². The van der Waals surface area contributed by atoms with Crippen LogP contribution in [0.25, 0.3) is 22.4 Å². The molecule has 0 aliphatic heterocycles. The molecule has 7 heteroatoms. The molecule has 4 rings (SSSR count). The fourth-order valence-electron chi connectivity index (χ4n) is 2.93. The Kier molecular flexibility index (Phi) is 4.94. The van der Waals surface area contributed by atoms with Gasteiger partial charge in [0.25, 0.3) is 11.8 Å². The molecule has 0 saturated heterocycles.